The molecule has 1 amide bonds. The number of aliphatic hydroxyl groups excluding tert-OH is 1. The van der Waals surface area contributed by atoms with Gasteiger partial charge >= 0.3 is 12.1 Å². The first kappa shape index (κ1) is 28.9. The van der Waals surface area contributed by atoms with Crippen molar-refractivity contribution in [3.8, 4) is 11.1 Å². The topological polar surface area (TPSA) is 86.6 Å². The molecule has 0 aliphatic rings. The molecule has 0 saturated carbocycles. The van der Waals surface area contributed by atoms with Gasteiger partial charge in [-0.25, -0.2) is 0 Å². The van der Waals surface area contributed by atoms with E-state index in [1.807, 2.05) is 24.3 Å². The first-order valence-corrected chi connectivity index (χ1v) is 12.7. The Morgan fingerprint density at radius 2 is 1.37 bits per heavy atom. The molecule has 0 radical (unpaired) electrons. The second kappa shape index (κ2) is 13.8. The van der Waals surface area contributed by atoms with Crippen LogP contribution in [0.5, 0.6) is 0 Å². The van der Waals surface area contributed by atoms with Gasteiger partial charge in [-0.2, -0.15) is 13.2 Å². The number of halogens is 3. The molecule has 38 heavy (non-hydrogen) atoms. The van der Waals surface area contributed by atoms with Crippen LogP contribution in [0.15, 0.2) is 72.8 Å². The zero-order valence-corrected chi connectivity index (χ0v) is 21.0. The van der Waals surface area contributed by atoms with E-state index in [9.17, 15) is 27.9 Å². The molecule has 3 aromatic carbocycles. The zero-order chi connectivity index (χ0) is 27.5. The summed E-state index contributed by atoms with van der Waals surface area (Å²) in [5.74, 6) is -1.32. The summed E-state index contributed by atoms with van der Waals surface area (Å²) >= 11 is 0. The van der Waals surface area contributed by atoms with Crippen LogP contribution in [0.4, 0.5) is 13.2 Å². The predicted molar refractivity (Wildman–Crippen MR) is 140 cm³/mol. The van der Waals surface area contributed by atoms with Crippen molar-refractivity contribution in [1.29, 1.82) is 0 Å². The first-order chi connectivity index (χ1) is 18.1. The molecular formula is C30H32F3NO4. The maximum atomic E-state index is 12.7. The average molecular weight is 528 g/mol. The molecular weight excluding hydrogens is 495 g/mol. The summed E-state index contributed by atoms with van der Waals surface area (Å²) in [5.41, 5.74) is 3.30. The molecule has 0 unspecified atom stereocenters. The number of nitrogens with one attached hydrogen (secondary N) is 1. The molecule has 0 aliphatic heterocycles. The number of aliphatic carboxylic acids is 1. The number of unbranched alkanes of at least 4 members (excludes halogenated alkanes) is 3. The normalized spacial score (nSPS) is 12.2. The summed E-state index contributed by atoms with van der Waals surface area (Å²) in [6.07, 6.45) is 0.300. The molecule has 1 atom stereocenters. The minimum absolute atomic E-state index is 0.0621. The molecule has 5 nitrogen and oxygen atoms in total. The molecule has 0 bridgehead atoms. The van der Waals surface area contributed by atoms with Crippen molar-refractivity contribution in [3.05, 3.63) is 95.1 Å². The number of benzene rings is 3. The molecule has 0 spiro atoms. The number of hydrogen-bond acceptors (Lipinski definition) is 3. The van der Waals surface area contributed by atoms with Gasteiger partial charge in [-0.05, 0) is 65.8 Å². The lowest BCUT2D eigenvalue weighted by Gasteiger charge is -2.12. The molecule has 0 aliphatic carbocycles. The van der Waals surface area contributed by atoms with E-state index in [0.29, 0.717) is 12.0 Å². The zero-order valence-electron chi connectivity index (χ0n) is 21.0. The molecule has 8 heteroatoms. The Hall–Kier alpha value is -3.65. The fraction of sp³-hybridized carbons (Fsp3) is 0.333. The van der Waals surface area contributed by atoms with Gasteiger partial charge < -0.3 is 15.5 Å². The highest BCUT2D eigenvalue weighted by atomic mass is 19.4. The van der Waals surface area contributed by atoms with Crippen molar-refractivity contribution < 1.29 is 33.0 Å². The smallest absolute Gasteiger partial charge is 0.416 e. The maximum absolute atomic E-state index is 12.7. The third-order valence-corrected chi connectivity index (χ3v) is 6.37. The van der Waals surface area contributed by atoms with Gasteiger partial charge in [0.2, 0.25) is 0 Å². The minimum Gasteiger partial charge on any atom is -0.481 e. The third kappa shape index (κ3) is 9.03. The van der Waals surface area contributed by atoms with Crippen LogP contribution in [-0.2, 0) is 17.4 Å². The number of carbonyl (C=O) groups excluding carboxylic acids is 1. The summed E-state index contributed by atoms with van der Waals surface area (Å²) in [4.78, 5) is 22.5. The van der Waals surface area contributed by atoms with E-state index in [-0.39, 0.29) is 18.9 Å². The lowest BCUT2D eigenvalue weighted by Crippen LogP contribution is -2.25. The van der Waals surface area contributed by atoms with E-state index in [1.165, 1.54) is 17.7 Å². The number of rotatable bonds is 13. The highest BCUT2D eigenvalue weighted by molar-refractivity contribution is 5.94. The van der Waals surface area contributed by atoms with Crippen LogP contribution >= 0.6 is 0 Å². The molecule has 0 heterocycles. The maximum Gasteiger partial charge on any atom is 0.416 e. The van der Waals surface area contributed by atoms with E-state index in [2.05, 4.69) is 5.32 Å². The quantitative estimate of drug-likeness (QED) is 0.213. The number of hydrogen-bond donors (Lipinski definition) is 3. The summed E-state index contributed by atoms with van der Waals surface area (Å²) in [6, 6.07) is 19.7. The molecule has 202 valence electrons. The standard InChI is InChI=1S/C30H32F3NO4/c31-30(32,33)26-17-15-23(16-18-26)22-9-7-21(8-10-22)5-3-1-2-4-6-27(35)24-11-13-25(14-12-24)29(38)34-20-19-28(36)37/h7-18,27,35H,1-6,19-20H2,(H,34,38)(H,36,37)/t27-/m1/s1. The predicted octanol–water partition coefficient (Wildman–Crippen LogP) is 6.80. The molecule has 0 aromatic heterocycles. The summed E-state index contributed by atoms with van der Waals surface area (Å²) in [7, 11) is 0. The van der Waals surface area contributed by atoms with Crippen LogP contribution in [0, 0.1) is 0 Å². The lowest BCUT2D eigenvalue weighted by atomic mass is 9.99. The Kier molecular flexibility index (Phi) is 10.5. The molecule has 0 fully saturated rings. The van der Waals surface area contributed by atoms with Crippen LogP contribution in [0.2, 0.25) is 0 Å². The summed E-state index contributed by atoms with van der Waals surface area (Å²) in [6.45, 7) is 0.0621. The van der Waals surface area contributed by atoms with Crippen molar-refractivity contribution in [2.45, 2.75) is 57.2 Å². The van der Waals surface area contributed by atoms with Gasteiger partial charge in [-0.1, -0.05) is 67.8 Å². The van der Waals surface area contributed by atoms with Gasteiger partial charge in [0.05, 0.1) is 18.1 Å². The second-order valence-electron chi connectivity index (χ2n) is 9.26. The van der Waals surface area contributed by atoms with Gasteiger partial charge in [0.25, 0.3) is 5.91 Å². The highest BCUT2D eigenvalue weighted by Gasteiger charge is 2.29. The van der Waals surface area contributed by atoms with Crippen molar-refractivity contribution in [3.63, 3.8) is 0 Å². The fourth-order valence-electron chi connectivity index (χ4n) is 4.14. The van der Waals surface area contributed by atoms with E-state index in [1.54, 1.807) is 24.3 Å². The van der Waals surface area contributed by atoms with Crippen LogP contribution in [0.25, 0.3) is 11.1 Å². The van der Waals surface area contributed by atoms with E-state index in [4.69, 9.17) is 5.11 Å². The lowest BCUT2D eigenvalue weighted by molar-refractivity contribution is -0.138. The van der Waals surface area contributed by atoms with Gasteiger partial charge in [-0.15, -0.1) is 0 Å². The number of amides is 1. The molecule has 3 aromatic rings. The highest BCUT2D eigenvalue weighted by Crippen LogP contribution is 2.31. The molecule has 3 N–H and O–H groups in total. The van der Waals surface area contributed by atoms with Crippen LogP contribution in [0.3, 0.4) is 0 Å². The number of carboxylic acids is 1. The number of carbonyl (C=O) groups is 2. The van der Waals surface area contributed by atoms with Gasteiger partial charge in [0, 0.05) is 12.1 Å². The third-order valence-electron chi connectivity index (χ3n) is 6.37. The largest absolute Gasteiger partial charge is 0.481 e. The van der Waals surface area contributed by atoms with Gasteiger partial charge in [-0.3, -0.25) is 9.59 Å². The minimum atomic E-state index is -4.34. The average Bonchev–Trinajstić information content (AvgIpc) is 2.90. The van der Waals surface area contributed by atoms with Crippen molar-refractivity contribution in [2.75, 3.05) is 6.54 Å². The number of aliphatic hydroxyl groups is 1. The Morgan fingerprint density at radius 3 is 1.95 bits per heavy atom. The Balaban J connectivity index is 1.34. The first-order valence-electron chi connectivity index (χ1n) is 12.7. The summed E-state index contributed by atoms with van der Waals surface area (Å²) < 4.78 is 38.2. The number of carboxylic acid groups (broad SMARTS) is 1. The van der Waals surface area contributed by atoms with Gasteiger partial charge in [0.15, 0.2) is 0 Å². The van der Waals surface area contributed by atoms with Gasteiger partial charge in [0.1, 0.15) is 0 Å². The van der Waals surface area contributed by atoms with Crippen molar-refractivity contribution >= 4 is 11.9 Å². The van der Waals surface area contributed by atoms with E-state index >= 15 is 0 Å². The Bertz CT molecular complexity index is 1170. The van der Waals surface area contributed by atoms with Crippen LogP contribution in [0.1, 0.15) is 71.7 Å². The monoisotopic (exact) mass is 527 g/mol. The van der Waals surface area contributed by atoms with Crippen LogP contribution < -0.4 is 5.32 Å². The van der Waals surface area contributed by atoms with Crippen LogP contribution in [-0.4, -0.2) is 28.6 Å². The fourth-order valence-corrected chi connectivity index (χ4v) is 4.14. The summed E-state index contributed by atoms with van der Waals surface area (Å²) in [5, 5.41) is 21.6. The number of aryl methyl sites for hydroxylation is 1. The number of alkyl halides is 3. The van der Waals surface area contributed by atoms with E-state index < -0.39 is 23.8 Å². The molecule has 3 rings (SSSR count). The van der Waals surface area contributed by atoms with E-state index in [0.717, 1.165) is 60.9 Å². The van der Waals surface area contributed by atoms with Crippen molar-refractivity contribution in [1.82, 2.24) is 5.32 Å². The Morgan fingerprint density at radius 1 is 0.789 bits per heavy atom. The van der Waals surface area contributed by atoms with Crippen molar-refractivity contribution in [2.24, 2.45) is 0 Å². The second-order valence-corrected chi connectivity index (χ2v) is 9.26. The molecule has 0 saturated heterocycles. The SMILES string of the molecule is O=C(O)CCNC(=O)c1ccc([C@H](O)CCCCCCc2ccc(-c3ccc(C(F)(F)F)cc3)cc2)cc1. The Labute approximate surface area is 220 Å².